The maximum Gasteiger partial charge on any atom is 0.297 e. The van der Waals surface area contributed by atoms with E-state index in [4.69, 9.17) is 9.40 Å². The van der Waals surface area contributed by atoms with E-state index in [1.165, 1.54) is 0 Å². The van der Waals surface area contributed by atoms with Gasteiger partial charge < -0.3 is 4.42 Å². The molecule has 0 aliphatic carbocycles. The molecule has 21 heavy (non-hydrogen) atoms. The summed E-state index contributed by atoms with van der Waals surface area (Å²) in [7, 11) is 0. The predicted octanol–water partition coefficient (Wildman–Crippen LogP) is 4.05. The maximum atomic E-state index is 12.7. The van der Waals surface area contributed by atoms with E-state index in [1.54, 1.807) is 16.3 Å². The lowest BCUT2D eigenvalue weighted by Crippen LogP contribution is -2.22. The van der Waals surface area contributed by atoms with Crippen LogP contribution in [0.1, 0.15) is 26.7 Å². The number of aromatic nitrogens is 2. The standard InChI is InChI=1S/C16H18N2O2S/c1-3-9-18-15(19)14-13(17-16(18)21-10-4-2)11-7-5-6-8-12(11)20-14/h5-8H,3-4,9-10H2,1-2H3. The smallest absolute Gasteiger partial charge is 0.297 e. The van der Waals surface area contributed by atoms with Crippen LogP contribution < -0.4 is 5.56 Å². The third kappa shape index (κ3) is 2.46. The van der Waals surface area contributed by atoms with Gasteiger partial charge in [-0.3, -0.25) is 9.36 Å². The van der Waals surface area contributed by atoms with Crippen LogP contribution in [0.2, 0.25) is 0 Å². The first-order chi connectivity index (χ1) is 10.3. The Morgan fingerprint density at radius 3 is 2.81 bits per heavy atom. The van der Waals surface area contributed by atoms with Gasteiger partial charge in [-0.2, -0.15) is 0 Å². The Hall–Kier alpha value is -1.75. The van der Waals surface area contributed by atoms with Crippen LogP contribution in [0.25, 0.3) is 22.1 Å². The van der Waals surface area contributed by atoms with Gasteiger partial charge >= 0.3 is 0 Å². The monoisotopic (exact) mass is 302 g/mol. The molecular formula is C16H18N2O2S. The first-order valence-corrected chi connectivity index (χ1v) is 8.29. The summed E-state index contributed by atoms with van der Waals surface area (Å²) >= 11 is 1.64. The van der Waals surface area contributed by atoms with Gasteiger partial charge in [-0.15, -0.1) is 0 Å². The highest BCUT2D eigenvalue weighted by atomic mass is 32.2. The molecule has 0 unspecified atom stereocenters. The molecule has 0 atom stereocenters. The quantitative estimate of drug-likeness (QED) is 0.527. The number of hydrogen-bond donors (Lipinski definition) is 0. The molecule has 0 aliphatic heterocycles. The Morgan fingerprint density at radius 2 is 2.05 bits per heavy atom. The minimum atomic E-state index is -0.0725. The maximum absolute atomic E-state index is 12.7. The molecule has 2 heterocycles. The number of para-hydroxylation sites is 1. The average molecular weight is 302 g/mol. The summed E-state index contributed by atoms with van der Waals surface area (Å²) in [6, 6.07) is 7.67. The minimum Gasteiger partial charge on any atom is -0.448 e. The van der Waals surface area contributed by atoms with E-state index in [-0.39, 0.29) is 5.56 Å². The van der Waals surface area contributed by atoms with Crippen LogP contribution in [0.3, 0.4) is 0 Å². The molecule has 4 nitrogen and oxygen atoms in total. The van der Waals surface area contributed by atoms with Crippen LogP contribution in [0.4, 0.5) is 0 Å². The molecule has 0 radical (unpaired) electrons. The summed E-state index contributed by atoms with van der Waals surface area (Å²) in [5.74, 6) is 0.956. The van der Waals surface area contributed by atoms with Crippen molar-refractivity contribution in [2.24, 2.45) is 0 Å². The summed E-state index contributed by atoms with van der Waals surface area (Å²) in [4.78, 5) is 17.4. The van der Waals surface area contributed by atoms with Gasteiger partial charge in [-0.25, -0.2) is 4.98 Å². The number of nitrogens with zero attached hydrogens (tertiary/aromatic N) is 2. The van der Waals surface area contributed by atoms with Gasteiger partial charge in [0.2, 0.25) is 5.58 Å². The Balaban J connectivity index is 2.30. The van der Waals surface area contributed by atoms with Gasteiger partial charge in [0, 0.05) is 17.7 Å². The second-order valence-electron chi connectivity index (χ2n) is 4.98. The van der Waals surface area contributed by atoms with Gasteiger partial charge in [0.25, 0.3) is 5.56 Å². The molecule has 0 bridgehead atoms. The van der Waals surface area contributed by atoms with E-state index in [0.29, 0.717) is 17.6 Å². The second-order valence-corrected chi connectivity index (χ2v) is 6.04. The molecule has 0 saturated heterocycles. The van der Waals surface area contributed by atoms with Crippen molar-refractivity contribution >= 4 is 33.8 Å². The van der Waals surface area contributed by atoms with Crippen LogP contribution in [0.15, 0.2) is 38.6 Å². The van der Waals surface area contributed by atoms with E-state index in [1.807, 2.05) is 24.3 Å². The SMILES string of the molecule is CCCSc1nc2c(oc3ccccc32)c(=O)n1CCC. The lowest BCUT2D eigenvalue weighted by atomic mass is 10.2. The van der Waals surface area contributed by atoms with Crippen LogP contribution in [0.5, 0.6) is 0 Å². The third-order valence-corrected chi connectivity index (χ3v) is 4.51. The van der Waals surface area contributed by atoms with Crippen molar-refractivity contribution in [2.75, 3.05) is 5.75 Å². The molecule has 0 aliphatic rings. The minimum absolute atomic E-state index is 0.0725. The molecule has 0 fully saturated rings. The second kappa shape index (κ2) is 5.93. The molecule has 0 spiro atoms. The van der Waals surface area contributed by atoms with Crippen LogP contribution in [-0.2, 0) is 6.54 Å². The first-order valence-electron chi connectivity index (χ1n) is 7.31. The molecule has 0 amide bonds. The van der Waals surface area contributed by atoms with Gasteiger partial charge in [0.05, 0.1) is 0 Å². The van der Waals surface area contributed by atoms with Gasteiger partial charge in [-0.05, 0) is 25.0 Å². The number of rotatable bonds is 5. The van der Waals surface area contributed by atoms with Crippen LogP contribution in [0, 0.1) is 0 Å². The molecule has 110 valence electrons. The zero-order valence-corrected chi connectivity index (χ0v) is 13.1. The van der Waals surface area contributed by atoms with Crippen molar-refractivity contribution in [3.8, 4) is 0 Å². The normalized spacial score (nSPS) is 11.5. The molecule has 0 N–H and O–H groups in total. The largest absolute Gasteiger partial charge is 0.448 e. The van der Waals surface area contributed by atoms with E-state index >= 15 is 0 Å². The van der Waals surface area contributed by atoms with Gasteiger partial charge in [0.15, 0.2) is 5.16 Å². The lowest BCUT2D eigenvalue weighted by Gasteiger charge is -2.09. The number of fused-ring (bicyclic) bond motifs is 3. The highest BCUT2D eigenvalue weighted by Gasteiger charge is 2.16. The Labute approximate surface area is 127 Å². The molecule has 1 aromatic carbocycles. The fraction of sp³-hybridized carbons (Fsp3) is 0.375. The summed E-state index contributed by atoms with van der Waals surface area (Å²) < 4.78 is 7.47. The summed E-state index contributed by atoms with van der Waals surface area (Å²) in [6.07, 6.45) is 1.95. The molecule has 2 aromatic heterocycles. The zero-order chi connectivity index (χ0) is 14.8. The summed E-state index contributed by atoms with van der Waals surface area (Å²) in [5, 5.41) is 1.70. The summed E-state index contributed by atoms with van der Waals surface area (Å²) in [6.45, 7) is 4.86. The molecule has 5 heteroatoms. The molecular weight excluding hydrogens is 284 g/mol. The highest BCUT2D eigenvalue weighted by molar-refractivity contribution is 7.99. The molecule has 3 rings (SSSR count). The van der Waals surface area contributed by atoms with Crippen molar-refractivity contribution < 1.29 is 4.42 Å². The Kier molecular flexibility index (Phi) is 4.01. The number of thioether (sulfide) groups is 1. The number of furan rings is 1. The average Bonchev–Trinajstić information content (AvgIpc) is 2.87. The topological polar surface area (TPSA) is 48.0 Å². The predicted molar refractivity (Wildman–Crippen MR) is 87.1 cm³/mol. The van der Waals surface area contributed by atoms with E-state index in [0.717, 1.165) is 34.7 Å². The van der Waals surface area contributed by atoms with Crippen molar-refractivity contribution in [1.82, 2.24) is 9.55 Å². The Bertz CT molecular complexity index is 835. The molecule has 0 saturated carbocycles. The molecule has 3 aromatic rings. The fourth-order valence-electron chi connectivity index (χ4n) is 2.38. The van der Waals surface area contributed by atoms with Crippen LogP contribution >= 0.6 is 11.8 Å². The number of benzene rings is 1. The zero-order valence-electron chi connectivity index (χ0n) is 12.3. The van der Waals surface area contributed by atoms with Crippen molar-refractivity contribution in [1.29, 1.82) is 0 Å². The van der Waals surface area contributed by atoms with E-state index in [2.05, 4.69) is 13.8 Å². The van der Waals surface area contributed by atoms with Crippen molar-refractivity contribution in [3.05, 3.63) is 34.6 Å². The van der Waals surface area contributed by atoms with E-state index in [9.17, 15) is 4.79 Å². The highest BCUT2D eigenvalue weighted by Crippen LogP contribution is 2.27. The fourth-order valence-corrected chi connectivity index (χ4v) is 3.25. The van der Waals surface area contributed by atoms with Gasteiger partial charge in [-0.1, -0.05) is 37.7 Å². The first kappa shape index (κ1) is 14.2. The van der Waals surface area contributed by atoms with Gasteiger partial charge in [0.1, 0.15) is 11.1 Å². The lowest BCUT2D eigenvalue weighted by molar-refractivity contribution is 0.566. The van der Waals surface area contributed by atoms with E-state index < -0.39 is 0 Å². The third-order valence-electron chi connectivity index (χ3n) is 3.33. The summed E-state index contributed by atoms with van der Waals surface area (Å²) in [5.41, 5.74) is 1.70. The van der Waals surface area contributed by atoms with Crippen LogP contribution in [-0.4, -0.2) is 15.3 Å². The Morgan fingerprint density at radius 1 is 1.24 bits per heavy atom. The van der Waals surface area contributed by atoms with Crippen molar-refractivity contribution in [2.45, 2.75) is 38.4 Å². The van der Waals surface area contributed by atoms with Crippen molar-refractivity contribution in [3.63, 3.8) is 0 Å². The number of hydrogen-bond acceptors (Lipinski definition) is 4.